The van der Waals surface area contributed by atoms with E-state index in [-0.39, 0.29) is 24.3 Å². The van der Waals surface area contributed by atoms with Crippen LogP contribution >= 0.6 is 0 Å². The largest absolute Gasteiger partial charge is 0.356 e. The highest BCUT2D eigenvalue weighted by molar-refractivity contribution is 7.77. The number of rotatable bonds is 8. The summed E-state index contributed by atoms with van der Waals surface area (Å²) < 4.78 is 24.1. The van der Waals surface area contributed by atoms with E-state index in [9.17, 15) is 13.6 Å². The van der Waals surface area contributed by atoms with E-state index in [1.165, 1.54) is 0 Å². The SMILES string of the molecule is CCNC(=O)C1CCC[C@@](CN)(NS(=O)O)[C@H]1Cc1cccc(-c2ccccc2)c1. The van der Waals surface area contributed by atoms with Crippen LogP contribution in [0.25, 0.3) is 11.1 Å². The van der Waals surface area contributed by atoms with Crippen molar-refractivity contribution >= 4 is 17.2 Å². The lowest BCUT2D eigenvalue weighted by molar-refractivity contribution is -0.129. The zero-order valence-corrected chi connectivity index (χ0v) is 18.2. The summed E-state index contributed by atoms with van der Waals surface area (Å²) in [5.41, 5.74) is 8.70. The van der Waals surface area contributed by atoms with Crippen molar-refractivity contribution < 1.29 is 13.6 Å². The molecule has 0 spiro atoms. The molecule has 1 aliphatic rings. The molecular formula is C23H31N3O3S. The fraction of sp³-hybridized carbons (Fsp3) is 0.435. The summed E-state index contributed by atoms with van der Waals surface area (Å²) in [5, 5.41) is 2.94. The number of benzene rings is 2. The van der Waals surface area contributed by atoms with Crippen molar-refractivity contribution in [3.05, 3.63) is 60.2 Å². The van der Waals surface area contributed by atoms with Crippen molar-refractivity contribution in [3.8, 4) is 11.1 Å². The van der Waals surface area contributed by atoms with Crippen LogP contribution < -0.4 is 15.8 Å². The van der Waals surface area contributed by atoms with Crippen LogP contribution in [-0.2, 0) is 22.5 Å². The lowest BCUT2D eigenvalue weighted by Crippen LogP contribution is -2.62. The molecule has 1 saturated carbocycles. The van der Waals surface area contributed by atoms with Gasteiger partial charge in [-0.3, -0.25) is 9.35 Å². The molecule has 2 aromatic rings. The summed E-state index contributed by atoms with van der Waals surface area (Å²) in [7, 11) is 0. The number of carbonyl (C=O) groups is 1. The first-order valence-corrected chi connectivity index (χ1v) is 11.6. The molecule has 0 aliphatic heterocycles. The smallest absolute Gasteiger partial charge is 0.232 e. The molecule has 0 bridgehead atoms. The first-order valence-electron chi connectivity index (χ1n) is 10.5. The zero-order chi connectivity index (χ0) is 21.6. The van der Waals surface area contributed by atoms with Gasteiger partial charge in [0.15, 0.2) is 0 Å². The van der Waals surface area contributed by atoms with E-state index < -0.39 is 16.8 Å². The minimum atomic E-state index is -2.21. The molecule has 2 aromatic carbocycles. The highest BCUT2D eigenvalue weighted by Gasteiger charge is 2.48. The molecule has 7 heteroatoms. The van der Waals surface area contributed by atoms with E-state index >= 15 is 0 Å². The highest BCUT2D eigenvalue weighted by atomic mass is 32.2. The van der Waals surface area contributed by atoms with Crippen LogP contribution in [0.5, 0.6) is 0 Å². The van der Waals surface area contributed by atoms with Crippen molar-refractivity contribution in [1.29, 1.82) is 0 Å². The lowest BCUT2D eigenvalue weighted by atomic mass is 9.64. The van der Waals surface area contributed by atoms with Gasteiger partial charge >= 0.3 is 0 Å². The molecular weight excluding hydrogens is 398 g/mol. The third kappa shape index (κ3) is 5.16. The Kier molecular flexibility index (Phi) is 7.77. The summed E-state index contributed by atoms with van der Waals surface area (Å²) >= 11 is -2.21. The van der Waals surface area contributed by atoms with Crippen molar-refractivity contribution in [2.45, 2.75) is 38.1 Å². The normalized spacial score (nSPS) is 24.9. The van der Waals surface area contributed by atoms with Gasteiger partial charge in [-0.15, -0.1) is 0 Å². The predicted octanol–water partition coefficient (Wildman–Crippen LogP) is 2.87. The molecule has 2 unspecified atom stereocenters. The molecule has 4 atom stereocenters. The molecule has 162 valence electrons. The molecule has 1 amide bonds. The molecule has 6 nitrogen and oxygen atoms in total. The molecule has 0 saturated heterocycles. The Balaban J connectivity index is 1.96. The fourth-order valence-corrected chi connectivity index (χ4v) is 5.41. The Morgan fingerprint density at radius 1 is 1.20 bits per heavy atom. The summed E-state index contributed by atoms with van der Waals surface area (Å²) in [6, 6.07) is 18.4. The Morgan fingerprint density at radius 3 is 2.60 bits per heavy atom. The molecule has 1 fully saturated rings. The minimum absolute atomic E-state index is 0.00948. The van der Waals surface area contributed by atoms with Gasteiger partial charge in [-0.25, -0.2) is 8.93 Å². The van der Waals surface area contributed by atoms with Crippen LogP contribution in [0.3, 0.4) is 0 Å². The third-order valence-corrected chi connectivity index (χ3v) is 6.75. The molecule has 0 heterocycles. The van der Waals surface area contributed by atoms with Gasteiger partial charge < -0.3 is 11.1 Å². The van der Waals surface area contributed by atoms with E-state index in [1.807, 2.05) is 37.3 Å². The average molecular weight is 430 g/mol. The standard InChI is InChI=1S/C23H31N3O3S/c1-2-25-22(27)20-12-7-13-23(16-24,26-30(28)29)21(20)15-17-8-6-11-19(14-17)18-9-4-3-5-10-18/h3-6,8-11,14,20-21,26H,2,7,12-13,15-16,24H2,1H3,(H,25,27)(H,28,29)/t20?,21-,23-/m0/s1. The van der Waals surface area contributed by atoms with E-state index in [4.69, 9.17) is 5.73 Å². The van der Waals surface area contributed by atoms with E-state index in [0.29, 0.717) is 19.4 Å². The van der Waals surface area contributed by atoms with Crippen molar-refractivity contribution in [3.63, 3.8) is 0 Å². The van der Waals surface area contributed by atoms with Crippen molar-refractivity contribution in [2.24, 2.45) is 17.6 Å². The Labute approximate surface area is 181 Å². The first-order chi connectivity index (χ1) is 14.5. The summed E-state index contributed by atoms with van der Waals surface area (Å²) in [6.45, 7) is 2.65. The van der Waals surface area contributed by atoms with E-state index in [2.05, 4.69) is 34.3 Å². The van der Waals surface area contributed by atoms with Gasteiger partial charge in [-0.2, -0.15) is 0 Å². The summed E-state index contributed by atoms with van der Waals surface area (Å²) in [4.78, 5) is 12.9. The second-order valence-electron chi connectivity index (χ2n) is 7.98. The third-order valence-electron chi connectivity index (χ3n) is 6.17. The summed E-state index contributed by atoms with van der Waals surface area (Å²) in [5.74, 6) is -0.464. The Morgan fingerprint density at radius 2 is 1.93 bits per heavy atom. The van der Waals surface area contributed by atoms with Crippen LogP contribution in [0.2, 0.25) is 0 Å². The van der Waals surface area contributed by atoms with Gasteiger partial charge in [-0.05, 0) is 48.8 Å². The van der Waals surface area contributed by atoms with Crippen molar-refractivity contribution in [1.82, 2.24) is 10.0 Å². The predicted molar refractivity (Wildman–Crippen MR) is 121 cm³/mol. The highest BCUT2D eigenvalue weighted by Crippen LogP contribution is 2.40. The monoisotopic (exact) mass is 429 g/mol. The molecule has 3 rings (SSSR count). The number of hydrogen-bond acceptors (Lipinski definition) is 3. The zero-order valence-electron chi connectivity index (χ0n) is 17.3. The van der Waals surface area contributed by atoms with Gasteiger partial charge in [0.05, 0.1) is 0 Å². The average Bonchev–Trinajstić information content (AvgIpc) is 2.75. The van der Waals surface area contributed by atoms with Crippen LogP contribution in [0.15, 0.2) is 54.6 Å². The van der Waals surface area contributed by atoms with E-state index in [1.54, 1.807) is 0 Å². The Hall–Kier alpha value is -2.06. The second kappa shape index (κ2) is 10.3. The molecule has 1 aliphatic carbocycles. The van der Waals surface area contributed by atoms with Crippen LogP contribution in [-0.4, -0.2) is 33.3 Å². The van der Waals surface area contributed by atoms with Crippen LogP contribution in [0, 0.1) is 11.8 Å². The van der Waals surface area contributed by atoms with E-state index in [0.717, 1.165) is 29.5 Å². The number of amides is 1. The lowest BCUT2D eigenvalue weighted by Gasteiger charge is -2.47. The van der Waals surface area contributed by atoms with Crippen LogP contribution in [0.4, 0.5) is 0 Å². The number of hydrogen-bond donors (Lipinski definition) is 4. The minimum Gasteiger partial charge on any atom is -0.356 e. The van der Waals surface area contributed by atoms with Gasteiger partial charge in [0.1, 0.15) is 0 Å². The quantitative estimate of drug-likeness (QED) is 0.484. The number of carbonyl (C=O) groups excluding carboxylic acids is 1. The number of nitrogens with one attached hydrogen (secondary N) is 2. The fourth-order valence-electron chi connectivity index (χ4n) is 4.72. The first kappa shape index (κ1) is 22.6. The van der Waals surface area contributed by atoms with Gasteiger partial charge in [0, 0.05) is 24.5 Å². The molecule has 30 heavy (non-hydrogen) atoms. The molecule has 0 radical (unpaired) electrons. The Bertz CT molecular complexity index is 877. The molecule has 5 N–H and O–H groups in total. The maximum atomic E-state index is 12.9. The molecule has 0 aromatic heterocycles. The van der Waals surface area contributed by atoms with Gasteiger partial charge in [0.25, 0.3) is 0 Å². The maximum Gasteiger partial charge on any atom is 0.232 e. The number of nitrogens with two attached hydrogens (primary N) is 1. The van der Waals surface area contributed by atoms with Crippen LogP contribution in [0.1, 0.15) is 31.7 Å². The summed E-state index contributed by atoms with van der Waals surface area (Å²) in [6.07, 6.45) is 2.79. The van der Waals surface area contributed by atoms with Gasteiger partial charge in [0.2, 0.25) is 17.2 Å². The van der Waals surface area contributed by atoms with Crippen molar-refractivity contribution in [2.75, 3.05) is 13.1 Å². The maximum absolute atomic E-state index is 12.9. The topological polar surface area (TPSA) is 104 Å². The second-order valence-corrected chi connectivity index (χ2v) is 8.68. The van der Waals surface area contributed by atoms with Gasteiger partial charge in [-0.1, -0.05) is 61.0 Å².